The molecule has 1 aliphatic rings. The molecule has 90 valence electrons. The van der Waals surface area contributed by atoms with E-state index in [4.69, 9.17) is 0 Å². The first kappa shape index (κ1) is 12.0. The Hall–Kier alpha value is -1.47. The number of carbonyl (C=O) groups excluding carboxylic acids is 1. The molecule has 0 amide bonds. The summed E-state index contributed by atoms with van der Waals surface area (Å²) in [4.78, 5) is 18.6. The molecule has 0 radical (unpaired) electrons. The molecule has 1 heterocycles. The summed E-state index contributed by atoms with van der Waals surface area (Å²) < 4.78 is 0. The standard InChI is InChI=1S/C14H18N2O/c1-2-13-14(16-10-17)8-12(9-15-13)11-6-4-3-5-7-11/h8-9,11H,2-7H2,1H3. The second-order valence-electron chi connectivity index (χ2n) is 4.63. The van der Waals surface area contributed by atoms with Crippen molar-refractivity contribution in [2.45, 2.75) is 51.4 Å². The van der Waals surface area contributed by atoms with Crippen LogP contribution in [0.4, 0.5) is 5.69 Å². The Kier molecular flexibility index (Phi) is 4.05. The van der Waals surface area contributed by atoms with Gasteiger partial charge in [-0.25, -0.2) is 4.79 Å². The van der Waals surface area contributed by atoms with Gasteiger partial charge in [0.2, 0.25) is 6.08 Å². The Balaban J connectivity index is 2.28. The Morgan fingerprint density at radius 1 is 1.41 bits per heavy atom. The minimum Gasteiger partial charge on any atom is -0.259 e. The summed E-state index contributed by atoms with van der Waals surface area (Å²) in [5, 5.41) is 0. The van der Waals surface area contributed by atoms with Crippen LogP contribution in [0.25, 0.3) is 0 Å². The summed E-state index contributed by atoms with van der Waals surface area (Å²) in [5.74, 6) is 0.600. The summed E-state index contributed by atoms with van der Waals surface area (Å²) in [6.07, 6.45) is 10.8. The van der Waals surface area contributed by atoms with Gasteiger partial charge in [0.25, 0.3) is 0 Å². The largest absolute Gasteiger partial charge is 0.259 e. The topological polar surface area (TPSA) is 42.3 Å². The maximum atomic E-state index is 10.4. The van der Waals surface area contributed by atoms with Gasteiger partial charge in [-0.05, 0) is 36.8 Å². The number of rotatable bonds is 3. The summed E-state index contributed by atoms with van der Waals surface area (Å²) >= 11 is 0. The van der Waals surface area contributed by atoms with E-state index in [9.17, 15) is 4.79 Å². The molecule has 0 aliphatic heterocycles. The molecule has 0 atom stereocenters. The minimum atomic E-state index is 0.600. The fraction of sp³-hybridized carbons (Fsp3) is 0.571. The van der Waals surface area contributed by atoms with Gasteiger partial charge in [-0.15, -0.1) is 0 Å². The lowest BCUT2D eigenvalue weighted by molar-refractivity contribution is 0.443. The van der Waals surface area contributed by atoms with E-state index in [1.54, 1.807) is 6.08 Å². The molecule has 0 saturated heterocycles. The first-order valence-electron chi connectivity index (χ1n) is 6.42. The third kappa shape index (κ3) is 2.80. The van der Waals surface area contributed by atoms with Gasteiger partial charge in [0.05, 0.1) is 11.4 Å². The number of nitrogens with zero attached hydrogens (tertiary/aromatic N) is 2. The fourth-order valence-corrected chi connectivity index (χ4v) is 2.57. The van der Waals surface area contributed by atoms with Crippen molar-refractivity contribution in [2.24, 2.45) is 4.99 Å². The Morgan fingerprint density at radius 2 is 2.18 bits per heavy atom. The van der Waals surface area contributed by atoms with Crippen molar-refractivity contribution in [3.05, 3.63) is 23.5 Å². The van der Waals surface area contributed by atoms with Gasteiger partial charge >= 0.3 is 0 Å². The highest BCUT2D eigenvalue weighted by molar-refractivity contribution is 5.53. The van der Waals surface area contributed by atoms with E-state index in [1.165, 1.54) is 37.7 Å². The lowest BCUT2D eigenvalue weighted by Gasteiger charge is -2.22. The number of isocyanates is 1. The molecule has 2 rings (SSSR count). The Bertz CT molecular complexity index is 430. The second kappa shape index (κ2) is 5.74. The number of hydrogen-bond donors (Lipinski definition) is 0. The molecule has 3 heteroatoms. The number of hydrogen-bond acceptors (Lipinski definition) is 3. The van der Waals surface area contributed by atoms with Crippen molar-refractivity contribution in [3.63, 3.8) is 0 Å². The maximum Gasteiger partial charge on any atom is 0.240 e. The van der Waals surface area contributed by atoms with Crippen LogP contribution in [0, 0.1) is 0 Å². The molecule has 1 aliphatic carbocycles. The van der Waals surface area contributed by atoms with Gasteiger partial charge in [0, 0.05) is 6.20 Å². The quantitative estimate of drug-likeness (QED) is 0.587. The van der Waals surface area contributed by atoms with E-state index in [0.29, 0.717) is 11.6 Å². The van der Waals surface area contributed by atoms with Gasteiger partial charge in [-0.3, -0.25) is 4.98 Å². The molecule has 0 aromatic carbocycles. The molecular weight excluding hydrogens is 212 g/mol. The Morgan fingerprint density at radius 3 is 2.82 bits per heavy atom. The Labute approximate surface area is 102 Å². The van der Waals surface area contributed by atoms with Gasteiger partial charge in [-0.1, -0.05) is 26.2 Å². The summed E-state index contributed by atoms with van der Waals surface area (Å²) in [6.45, 7) is 2.02. The molecule has 1 aromatic rings. The van der Waals surface area contributed by atoms with Crippen molar-refractivity contribution in [2.75, 3.05) is 0 Å². The zero-order chi connectivity index (χ0) is 12.1. The van der Waals surface area contributed by atoms with Crippen LogP contribution in [0.1, 0.15) is 56.2 Å². The summed E-state index contributed by atoms with van der Waals surface area (Å²) in [6, 6.07) is 2.02. The molecule has 0 spiro atoms. The molecule has 0 bridgehead atoms. The second-order valence-corrected chi connectivity index (χ2v) is 4.63. The predicted octanol–water partition coefficient (Wildman–Crippen LogP) is 3.66. The molecular formula is C14H18N2O. The van der Waals surface area contributed by atoms with Crippen LogP contribution in [0.3, 0.4) is 0 Å². The number of aliphatic imine (C=N–C) groups is 1. The highest BCUT2D eigenvalue weighted by Crippen LogP contribution is 2.34. The van der Waals surface area contributed by atoms with E-state index >= 15 is 0 Å². The fourth-order valence-electron chi connectivity index (χ4n) is 2.57. The normalized spacial score (nSPS) is 16.5. The van der Waals surface area contributed by atoms with Crippen molar-refractivity contribution in [1.82, 2.24) is 4.98 Å². The van der Waals surface area contributed by atoms with Crippen molar-refractivity contribution in [3.8, 4) is 0 Å². The van der Waals surface area contributed by atoms with Gasteiger partial charge in [0.1, 0.15) is 0 Å². The molecule has 1 aromatic heterocycles. The van der Waals surface area contributed by atoms with Crippen LogP contribution in [0.5, 0.6) is 0 Å². The molecule has 1 fully saturated rings. The van der Waals surface area contributed by atoms with Crippen LogP contribution in [-0.4, -0.2) is 11.1 Å². The van der Waals surface area contributed by atoms with Crippen molar-refractivity contribution < 1.29 is 4.79 Å². The van der Waals surface area contributed by atoms with E-state index in [1.807, 2.05) is 19.2 Å². The number of pyridine rings is 1. The predicted molar refractivity (Wildman–Crippen MR) is 67.2 cm³/mol. The van der Waals surface area contributed by atoms with Gasteiger partial charge in [-0.2, -0.15) is 4.99 Å². The number of aryl methyl sites for hydroxylation is 1. The van der Waals surface area contributed by atoms with E-state index < -0.39 is 0 Å². The van der Waals surface area contributed by atoms with Crippen LogP contribution in [0.15, 0.2) is 17.3 Å². The van der Waals surface area contributed by atoms with Crippen LogP contribution in [0.2, 0.25) is 0 Å². The third-order valence-corrected chi connectivity index (χ3v) is 3.55. The molecule has 17 heavy (non-hydrogen) atoms. The third-order valence-electron chi connectivity index (χ3n) is 3.55. The smallest absolute Gasteiger partial charge is 0.240 e. The van der Waals surface area contributed by atoms with E-state index in [-0.39, 0.29) is 0 Å². The van der Waals surface area contributed by atoms with E-state index in [0.717, 1.165) is 12.1 Å². The average molecular weight is 230 g/mol. The SMILES string of the molecule is CCc1ncc(C2CCCCC2)cc1N=C=O. The highest BCUT2D eigenvalue weighted by atomic mass is 16.1. The summed E-state index contributed by atoms with van der Waals surface area (Å²) in [5.41, 5.74) is 2.81. The highest BCUT2D eigenvalue weighted by Gasteiger charge is 2.17. The molecule has 0 unspecified atom stereocenters. The zero-order valence-electron chi connectivity index (χ0n) is 10.3. The minimum absolute atomic E-state index is 0.600. The lowest BCUT2D eigenvalue weighted by Crippen LogP contribution is -2.05. The molecule has 3 nitrogen and oxygen atoms in total. The zero-order valence-corrected chi connectivity index (χ0v) is 10.3. The van der Waals surface area contributed by atoms with Gasteiger partial charge < -0.3 is 0 Å². The van der Waals surface area contributed by atoms with Crippen LogP contribution in [-0.2, 0) is 11.2 Å². The van der Waals surface area contributed by atoms with Crippen molar-refractivity contribution in [1.29, 1.82) is 0 Å². The maximum absolute atomic E-state index is 10.4. The lowest BCUT2D eigenvalue weighted by atomic mass is 9.84. The van der Waals surface area contributed by atoms with Crippen LogP contribution >= 0.6 is 0 Å². The first-order chi connectivity index (χ1) is 8.35. The van der Waals surface area contributed by atoms with Gasteiger partial charge in [0.15, 0.2) is 0 Å². The van der Waals surface area contributed by atoms with Crippen LogP contribution < -0.4 is 0 Å². The van der Waals surface area contributed by atoms with E-state index in [2.05, 4.69) is 9.98 Å². The average Bonchev–Trinajstić information content (AvgIpc) is 2.40. The molecule has 0 N–H and O–H groups in total. The monoisotopic (exact) mass is 230 g/mol. The molecule has 1 saturated carbocycles. The number of aromatic nitrogens is 1. The summed E-state index contributed by atoms with van der Waals surface area (Å²) in [7, 11) is 0. The van der Waals surface area contributed by atoms with Crippen molar-refractivity contribution >= 4 is 11.8 Å². The first-order valence-corrected chi connectivity index (χ1v) is 6.42.